The molecule has 1 aromatic heterocycles. The molecular formula is C20H23N3O3. The topological polar surface area (TPSA) is 71.5 Å². The lowest BCUT2D eigenvalue weighted by Crippen LogP contribution is -2.39. The molecule has 0 saturated carbocycles. The maximum Gasteiger partial charge on any atom is 0.322 e. The highest BCUT2D eigenvalue weighted by Gasteiger charge is 2.23. The second-order valence-electron chi connectivity index (χ2n) is 6.44. The third kappa shape index (κ3) is 4.89. The first-order chi connectivity index (χ1) is 12.6. The summed E-state index contributed by atoms with van der Waals surface area (Å²) in [6.07, 6.45) is 5.50. The molecule has 6 nitrogen and oxygen atoms in total. The Hall–Kier alpha value is -2.73. The summed E-state index contributed by atoms with van der Waals surface area (Å²) in [4.78, 5) is 30.2. The molecule has 1 saturated heterocycles. The van der Waals surface area contributed by atoms with Crippen molar-refractivity contribution in [1.29, 1.82) is 0 Å². The molecule has 1 aromatic carbocycles. The van der Waals surface area contributed by atoms with E-state index in [1.807, 2.05) is 12.1 Å². The summed E-state index contributed by atoms with van der Waals surface area (Å²) in [5.74, 6) is -0.0346. The number of ether oxygens (including phenoxy) is 1. The fraction of sp³-hybridized carbons (Fsp3) is 0.350. The maximum atomic E-state index is 12.8. The molecule has 1 aliphatic rings. The molecule has 2 aromatic rings. The first-order valence-electron chi connectivity index (χ1n) is 8.79. The summed E-state index contributed by atoms with van der Waals surface area (Å²) in [6.45, 7) is 3.22. The first kappa shape index (κ1) is 18.1. The van der Waals surface area contributed by atoms with Gasteiger partial charge in [0.15, 0.2) is 5.78 Å². The zero-order valence-electron chi connectivity index (χ0n) is 14.9. The van der Waals surface area contributed by atoms with Crippen LogP contribution in [0, 0.1) is 0 Å². The van der Waals surface area contributed by atoms with Crippen LogP contribution < -0.4 is 5.32 Å². The average molecular weight is 353 g/mol. The number of nitrogens with zero attached hydrogens (tertiary/aromatic N) is 2. The Morgan fingerprint density at radius 1 is 1.31 bits per heavy atom. The van der Waals surface area contributed by atoms with Crippen molar-refractivity contribution in [2.75, 3.05) is 18.5 Å². The highest BCUT2D eigenvalue weighted by molar-refractivity contribution is 5.96. The van der Waals surface area contributed by atoms with E-state index < -0.39 is 0 Å². The second kappa shape index (κ2) is 8.58. The number of carbonyl (C=O) groups is 2. The largest absolute Gasteiger partial charge is 0.376 e. The number of anilines is 1. The fourth-order valence-corrected chi connectivity index (χ4v) is 2.98. The van der Waals surface area contributed by atoms with E-state index >= 15 is 0 Å². The maximum absolute atomic E-state index is 12.8. The van der Waals surface area contributed by atoms with E-state index in [4.69, 9.17) is 4.74 Å². The normalized spacial score (nSPS) is 16.3. The van der Waals surface area contributed by atoms with E-state index in [1.165, 1.54) is 6.92 Å². The molecule has 0 aliphatic carbocycles. The number of nitrogens with one attached hydrogen (secondary N) is 1. The van der Waals surface area contributed by atoms with E-state index in [0.717, 1.165) is 25.0 Å². The number of pyridine rings is 1. The van der Waals surface area contributed by atoms with Crippen LogP contribution in [0.5, 0.6) is 0 Å². The molecule has 1 fully saturated rings. The molecule has 2 amide bonds. The molecule has 2 heterocycles. The molecule has 6 heteroatoms. The highest BCUT2D eigenvalue weighted by atomic mass is 16.5. The molecule has 26 heavy (non-hydrogen) atoms. The monoisotopic (exact) mass is 353 g/mol. The molecule has 0 bridgehead atoms. The van der Waals surface area contributed by atoms with Gasteiger partial charge in [-0.3, -0.25) is 9.78 Å². The lowest BCUT2D eigenvalue weighted by atomic mass is 10.1. The van der Waals surface area contributed by atoms with Crippen molar-refractivity contribution in [3.63, 3.8) is 0 Å². The van der Waals surface area contributed by atoms with Crippen molar-refractivity contribution >= 4 is 17.5 Å². The summed E-state index contributed by atoms with van der Waals surface area (Å²) < 4.78 is 5.69. The molecule has 136 valence electrons. The minimum atomic E-state index is -0.218. The number of hydrogen-bond acceptors (Lipinski definition) is 4. The zero-order valence-corrected chi connectivity index (χ0v) is 14.9. The van der Waals surface area contributed by atoms with Gasteiger partial charge < -0.3 is 15.0 Å². The summed E-state index contributed by atoms with van der Waals surface area (Å²) in [5.41, 5.74) is 2.13. The quantitative estimate of drug-likeness (QED) is 0.807. The summed E-state index contributed by atoms with van der Waals surface area (Å²) in [7, 11) is 0. The third-order valence-corrected chi connectivity index (χ3v) is 4.35. The van der Waals surface area contributed by atoms with Crippen LogP contribution in [0.2, 0.25) is 0 Å². The van der Waals surface area contributed by atoms with Gasteiger partial charge in [0.2, 0.25) is 0 Å². The molecule has 0 spiro atoms. The smallest absolute Gasteiger partial charge is 0.322 e. The predicted octanol–water partition coefficient (Wildman–Crippen LogP) is 3.50. The van der Waals surface area contributed by atoms with Gasteiger partial charge in [-0.2, -0.15) is 0 Å². The molecule has 1 N–H and O–H groups in total. The van der Waals surface area contributed by atoms with Gasteiger partial charge in [-0.25, -0.2) is 4.79 Å². The Kier molecular flexibility index (Phi) is 5.96. The fourth-order valence-electron chi connectivity index (χ4n) is 2.98. The van der Waals surface area contributed by atoms with Crippen molar-refractivity contribution in [2.45, 2.75) is 32.4 Å². The van der Waals surface area contributed by atoms with Crippen molar-refractivity contribution in [3.05, 3.63) is 59.9 Å². The molecule has 0 radical (unpaired) electrons. The minimum absolute atomic E-state index is 0.0346. The number of urea groups is 1. The Labute approximate surface area is 153 Å². The van der Waals surface area contributed by atoms with Crippen molar-refractivity contribution < 1.29 is 14.3 Å². The van der Waals surface area contributed by atoms with Crippen LogP contribution in [-0.2, 0) is 11.3 Å². The number of aromatic nitrogens is 1. The van der Waals surface area contributed by atoms with E-state index in [0.29, 0.717) is 24.3 Å². The van der Waals surface area contributed by atoms with Gasteiger partial charge in [0.1, 0.15) is 0 Å². The number of hydrogen-bond donors (Lipinski definition) is 1. The number of amides is 2. The molecule has 1 aliphatic heterocycles. The van der Waals surface area contributed by atoms with Crippen LogP contribution in [-0.4, -0.2) is 41.0 Å². The zero-order chi connectivity index (χ0) is 18.4. The van der Waals surface area contributed by atoms with Crippen LogP contribution in [0.4, 0.5) is 10.5 Å². The molecular weight excluding hydrogens is 330 g/mol. The summed E-state index contributed by atoms with van der Waals surface area (Å²) in [5, 5.41) is 2.89. The minimum Gasteiger partial charge on any atom is -0.376 e. The SMILES string of the molecule is CC(=O)c1cccc(NC(=O)N(Cc2cccnc2)C[C@@H]2CCCO2)c1. The average Bonchev–Trinajstić information content (AvgIpc) is 3.15. The van der Waals surface area contributed by atoms with Gasteiger partial charge in [-0.05, 0) is 43.5 Å². The Balaban J connectivity index is 1.72. The van der Waals surface area contributed by atoms with Crippen LogP contribution in [0.3, 0.4) is 0 Å². The number of carbonyl (C=O) groups excluding carboxylic acids is 2. The van der Waals surface area contributed by atoms with Crippen LogP contribution in [0.25, 0.3) is 0 Å². The van der Waals surface area contributed by atoms with E-state index in [1.54, 1.807) is 41.6 Å². The van der Waals surface area contributed by atoms with E-state index in [-0.39, 0.29) is 17.9 Å². The number of Topliss-reactive ketones (excluding diaryl/α,β-unsaturated/α-hetero) is 1. The van der Waals surface area contributed by atoms with Gasteiger partial charge in [0.05, 0.1) is 6.10 Å². The Morgan fingerprint density at radius 2 is 2.19 bits per heavy atom. The van der Waals surface area contributed by atoms with Crippen LogP contribution in [0.1, 0.15) is 35.7 Å². The van der Waals surface area contributed by atoms with Crippen molar-refractivity contribution in [3.8, 4) is 0 Å². The first-order valence-corrected chi connectivity index (χ1v) is 8.79. The second-order valence-corrected chi connectivity index (χ2v) is 6.44. The van der Waals surface area contributed by atoms with E-state index in [9.17, 15) is 9.59 Å². The van der Waals surface area contributed by atoms with Gasteiger partial charge in [-0.1, -0.05) is 18.2 Å². The van der Waals surface area contributed by atoms with Crippen LogP contribution in [0.15, 0.2) is 48.8 Å². The lowest BCUT2D eigenvalue weighted by Gasteiger charge is -2.26. The van der Waals surface area contributed by atoms with Gasteiger partial charge in [0, 0.05) is 43.3 Å². The molecule has 0 unspecified atom stereocenters. The van der Waals surface area contributed by atoms with Crippen LogP contribution >= 0.6 is 0 Å². The molecule has 3 rings (SSSR count). The standard InChI is InChI=1S/C20H23N3O3/c1-15(24)17-6-2-7-18(11-17)22-20(25)23(14-19-8-4-10-26-19)13-16-5-3-9-21-12-16/h2-3,5-7,9,11-12,19H,4,8,10,13-14H2,1H3,(H,22,25)/t19-/m0/s1. The lowest BCUT2D eigenvalue weighted by molar-refractivity contribution is 0.0819. The number of ketones is 1. The van der Waals surface area contributed by atoms with Gasteiger partial charge in [0.25, 0.3) is 0 Å². The number of benzene rings is 1. The van der Waals surface area contributed by atoms with Gasteiger partial charge >= 0.3 is 6.03 Å². The van der Waals surface area contributed by atoms with Gasteiger partial charge in [-0.15, -0.1) is 0 Å². The van der Waals surface area contributed by atoms with Crippen molar-refractivity contribution in [1.82, 2.24) is 9.88 Å². The number of rotatable bonds is 6. The Morgan fingerprint density at radius 3 is 2.88 bits per heavy atom. The Bertz CT molecular complexity index is 758. The van der Waals surface area contributed by atoms with E-state index in [2.05, 4.69) is 10.3 Å². The third-order valence-electron chi connectivity index (χ3n) is 4.35. The highest BCUT2D eigenvalue weighted by Crippen LogP contribution is 2.17. The molecule has 1 atom stereocenters. The summed E-state index contributed by atoms with van der Waals surface area (Å²) in [6, 6.07) is 10.5. The summed E-state index contributed by atoms with van der Waals surface area (Å²) >= 11 is 0. The van der Waals surface area contributed by atoms with Crippen molar-refractivity contribution in [2.24, 2.45) is 0 Å². The predicted molar refractivity (Wildman–Crippen MR) is 99.1 cm³/mol.